The van der Waals surface area contributed by atoms with Crippen molar-refractivity contribution in [3.8, 4) is 0 Å². The summed E-state index contributed by atoms with van der Waals surface area (Å²) in [5, 5.41) is 0. The zero-order chi connectivity index (χ0) is 10.6. The molecule has 4 nitrogen and oxygen atoms in total. The van der Waals surface area contributed by atoms with E-state index in [4.69, 9.17) is 16.4 Å². The molecule has 6 heteroatoms. The van der Waals surface area contributed by atoms with Crippen LogP contribution in [0.4, 0.5) is 0 Å². The van der Waals surface area contributed by atoms with E-state index in [9.17, 15) is 4.79 Å². The number of hydrogen-bond acceptors (Lipinski definition) is 3. The van der Waals surface area contributed by atoms with Crippen molar-refractivity contribution in [3.05, 3.63) is 30.4 Å². The molecule has 0 aliphatic rings. The van der Waals surface area contributed by atoms with Crippen LogP contribution in [0.5, 0.6) is 0 Å². The molecule has 1 rings (SSSR count). The summed E-state index contributed by atoms with van der Waals surface area (Å²) >= 11 is 5.61. The van der Waals surface area contributed by atoms with Gasteiger partial charge in [0.2, 0.25) is 0 Å². The van der Waals surface area contributed by atoms with Gasteiger partial charge in [-0.3, -0.25) is 0 Å². The fourth-order valence-electron chi connectivity index (χ4n) is 1.00. The first-order valence-corrected chi connectivity index (χ1v) is 4.63. The van der Waals surface area contributed by atoms with Crippen molar-refractivity contribution in [1.82, 2.24) is 9.71 Å². The van der Waals surface area contributed by atoms with Crippen LogP contribution in [-0.2, 0) is 17.1 Å². The largest absolute Gasteiger partial charge is 0.336 e. The van der Waals surface area contributed by atoms with Crippen LogP contribution in [0.25, 0.3) is 0 Å². The number of rotatable bonds is 4. The van der Waals surface area contributed by atoms with Crippen LogP contribution >= 0.6 is 24.0 Å². The quantitative estimate of drug-likeness (QED) is 0.604. The van der Waals surface area contributed by atoms with Gasteiger partial charge in [-0.05, 0) is 0 Å². The Morgan fingerprint density at radius 1 is 1.80 bits per heavy atom. The number of imidazole rings is 1. The van der Waals surface area contributed by atoms with Crippen molar-refractivity contribution in [2.24, 2.45) is 0 Å². The van der Waals surface area contributed by atoms with Gasteiger partial charge in [-0.1, -0.05) is 6.08 Å². The summed E-state index contributed by atoms with van der Waals surface area (Å²) in [5.41, 5.74) is 0.671. The maximum atomic E-state index is 10.7. The normalized spacial score (nSPS) is 9.20. The maximum Gasteiger partial charge on any atom is 0.329 e. The van der Waals surface area contributed by atoms with Gasteiger partial charge in [0.1, 0.15) is 5.82 Å². The number of alkyl halides is 1. The minimum atomic E-state index is -0.395. The van der Waals surface area contributed by atoms with Crippen LogP contribution in [0.3, 0.4) is 0 Å². The number of allylic oxidation sites excluding steroid dienone is 1. The van der Waals surface area contributed by atoms with Crippen LogP contribution < -0.4 is 4.84 Å². The van der Waals surface area contributed by atoms with E-state index < -0.39 is 5.97 Å². The molecule has 0 radical (unpaired) electrons. The Bertz CT molecular complexity index is 350. The summed E-state index contributed by atoms with van der Waals surface area (Å²) in [6, 6.07) is 0. The molecule has 0 bridgehead atoms. The molecule has 0 spiro atoms. The molecule has 0 fully saturated rings. The summed E-state index contributed by atoms with van der Waals surface area (Å²) in [6.45, 7) is 4.92. The lowest BCUT2D eigenvalue weighted by Crippen LogP contribution is -2.18. The molecular weight excluding hydrogens is 239 g/mol. The van der Waals surface area contributed by atoms with Crippen molar-refractivity contribution in [2.45, 2.75) is 19.2 Å². The number of carbonyl (C=O) groups is 1. The molecule has 0 atom stereocenters. The van der Waals surface area contributed by atoms with Gasteiger partial charge in [-0.25, -0.2) is 9.78 Å². The van der Waals surface area contributed by atoms with Crippen molar-refractivity contribution in [1.29, 1.82) is 0 Å². The van der Waals surface area contributed by atoms with Gasteiger partial charge < -0.3 is 4.84 Å². The molecule has 1 heterocycles. The lowest BCUT2D eigenvalue weighted by Gasteiger charge is -2.02. The Kier molecular flexibility index (Phi) is 6.05. The molecule has 0 aromatic carbocycles. The van der Waals surface area contributed by atoms with E-state index in [1.54, 1.807) is 12.3 Å². The average molecular weight is 251 g/mol. The summed E-state index contributed by atoms with van der Waals surface area (Å²) in [5.74, 6) is 0.512. The predicted molar refractivity (Wildman–Crippen MR) is 60.2 cm³/mol. The van der Waals surface area contributed by atoms with Crippen LogP contribution in [0, 0.1) is 0 Å². The molecule has 84 valence electrons. The smallest absolute Gasteiger partial charge is 0.329 e. The van der Waals surface area contributed by atoms with Crippen molar-refractivity contribution < 1.29 is 9.63 Å². The number of aromatic nitrogens is 2. The van der Waals surface area contributed by atoms with Gasteiger partial charge in [0.25, 0.3) is 0 Å². The zero-order valence-corrected chi connectivity index (χ0v) is 9.85. The molecular formula is C9H12Cl2N2O2. The summed E-state index contributed by atoms with van der Waals surface area (Å²) in [7, 11) is 0. The predicted octanol–water partition coefficient (Wildman–Crippen LogP) is 1.75. The lowest BCUT2D eigenvalue weighted by atomic mass is 10.4. The standard InChI is InChI=1S/C9H11ClN2O2.ClH/c1-3-4-9-11-8(5-10)6-12(9)14-7(2)13;/h3,6H,1,4-5H2,2H3;1H. The topological polar surface area (TPSA) is 44.1 Å². The lowest BCUT2D eigenvalue weighted by molar-refractivity contribution is -0.141. The first kappa shape index (κ1) is 14.0. The number of hydrogen-bond donors (Lipinski definition) is 0. The van der Waals surface area contributed by atoms with E-state index in [0.717, 1.165) is 0 Å². The Morgan fingerprint density at radius 2 is 2.47 bits per heavy atom. The van der Waals surface area contributed by atoms with E-state index in [1.807, 2.05) is 0 Å². The molecule has 0 saturated heterocycles. The van der Waals surface area contributed by atoms with Gasteiger partial charge in [0, 0.05) is 13.3 Å². The fourth-order valence-corrected chi connectivity index (χ4v) is 1.13. The van der Waals surface area contributed by atoms with Crippen LogP contribution in [0.15, 0.2) is 18.9 Å². The molecule has 15 heavy (non-hydrogen) atoms. The molecule has 0 unspecified atom stereocenters. The summed E-state index contributed by atoms with van der Waals surface area (Å²) in [4.78, 5) is 19.8. The highest BCUT2D eigenvalue weighted by atomic mass is 35.5. The summed E-state index contributed by atoms with van der Waals surface area (Å²) < 4.78 is 1.32. The summed E-state index contributed by atoms with van der Waals surface area (Å²) in [6.07, 6.45) is 3.80. The Morgan fingerprint density at radius 3 is 2.93 bits per heavy atom. The van der Waals surface area contributed by atoms with E-state index in [-0.39, 0.29) is 12.4 Å². The number of halogens is 2. The third kappa shape index (κ3) is 3.93. The van der Waals surface area contributed by atoms with Crippen molar-refractivity contribution in [2.75, 3.05) is 0 Å². The zero-order valence-electron chi connectivity index (χ0n) is 8.27. The SMILES string of the molecule is C=CCc1nc(CCl)cn1OC(C)=O.Cl. The monoisotopic (exact) mass is 250 g/mol. The Labute approximate surface area is 99.3 Å². The molecule has 0 saturated carbocycles. The number of nitrogens with zero attached hydrogens (tertiary/aromatic N) is 2. The van der Waals surface area contributed by atoms with E-state index in [0.29, 0.717) is 23.8 Å². The average Bonchev–Trinajstić information content (AvgIpc) is 2.48. The van der Waals surface area contributed by atoms with Crippen LogP contribution in [0.1, 0.15) is 18.4 Å². The minimum Gasteiger partial charge on any atom is -0.336 e. The van der Waals surface area contributed by atoms with Gasteiger partial charge in [0.05, 0.1) is 17.8 Å². The first-order chi connectivity index (χ1) is 6.67. The molecule has 1 aromatic heterocycles. The molecule has 0 aliphatic carbocycles. The van der Waals surface area contributed by atoms with Gasteiger partial charge >= 0.3 is 5.97 Å². The molecule has 0 aliphatic heterocycles. The maximum absolute atomic E-state index is 10.7. The Balaban J connectivity index is 0.00000196. The van der Waals surface area contributed by atoms with Gasteiger partial charge in [-0.2, -0.15) is 4.73 Å². The highest BCUT2D eigenvalue weighted by Crippen LogP contribution is 2.05. The van der Waals surface area contributed by atoms with Crippen molar-refractivity contribution in [3.63, 3.8) is 0 Å². The second kappa shape index (κ2) is 6.48. The number of carbonyl (C=O) groups excluding carboxylic acids is 1. The van der Waals surface area contributed by atoms with E-state index >= 15 is 0 Å². The second-order valence-electron chi connectivity index (χ2n) is 2.68. The minimum absolute atomic E-state index is 0. The van der Waals surface area contributed by atoms with Crippen LogP contribution in [-0.4, -0.2) is 15.7 Å². The van der Waals surface area contributed by atoms with E-state index in [2.05, 4.69) is 11.6 Å². The van der Waals surface area contributed by atoms with Gasteiger partial charge in [0.15, 0.2) is 0 Å². The third-order valence-electron chi connectivity index (χ3n) is 1.48. The second-order valence-corrected chi connectivity index (χ2v) is 2.95. The molecule has 0 N–H and O–H groups in total. The van der Waals surface area contributed by atoms with Crippen LogP contribution in [0.2, 0.25) is 0 Å². The fraction of sp³-hybridized carbons (Fsp3) is 0.333. The van der Waals surface area contributed by atoms with Gasteiger partial charge in [-0.15, -0.1) is 30.6 Å². The Hall–Kier alpha value is -1.000. The first-order valence-electron chi connectivity index (χ1n) is 4.10. The van der Waals surface area contributed by atoms with E-state index in [1.165, 1.54) is 11.7 Å². The molecule has 0 amide bonds. The highest BCUT2D eigenvalue weighted by molar-refractivity contribution is 6.16. The van der Waals surface area contributed by atoms with Crippen molar-refractivity contribution >= 4 is 30.0 Å². The highest BCUT2D eigenvalue weighted by Gasteiger charge is 2.08. The third-order valence-corrected chi connectivity index (χ3v) is 1.76. The molecule has 1 aromatic rings.